The first-order valence-electron chi connectivity index (χ1n) is 9.81. The number of hydrogen-bond donors (Lipinski definition) is 1. The fraction of sp³-hybridized carbons (Fsp3) is 0.167. The van der Waals surface area contributed by atoms with Crippen molar-refractivity contribution in [1.82, 2.24) is 4.98 Å². The largest absolute Gasteiger partial charge is 0.440 e. The van der Waals surface area contributed by atoms with Crippen LogP contribution in [-0.4, -0.2) is 17.4 Å². The molecule has 2 N–H and O–H groups in total. The molecule has 150 valence electrons. The monoisotopic (exact) mass is 401 g/mol. The predicted octanol–water partition coefficient (Wildman–Crippen LogP) is 4.66. The smallest absolute Gasteiger partial charge is 0.231 e. The Morgan fingerprint density at radius 1 is 1.23 bits per heavy atom. The fourth-order valence-electron chi connectivity index (χ4n) is 4.26. The van der Waals surface area contributed by atoms with Crippen molar-refractivity contribution in [3.05, 3.63) is 77.4 Å². The average molecular weight is 401 g/mol. The van der Waals surface area contributed by atoms with Gasteiger partial charge in [-0.1, -0.05) is 12.1 Å². The Hall–Kier alpha value is -3.67. The van der Waals surface area contributed by atoms with E-state index >= 15 is 0 Å². The summed E-state index contributed by atoms with van der Waals surface area (Å²) in [6, 6.07) is 12.5. The Kier molecular flexibility index (Phi) is 4.28. The van der Waals surface area contributed by atoms with Gasteiger partial charge in [0.05, 0.1) is 12.0 Å². The van der Waals surface area contributed by atoms with Crippen molar-refractivity contribution in [2.24, 2.45) is 0 Å². The molecule has 0 saturated heterocycles. The SMILES string of the molecule is Cc1cc(F)cc(CC(=O)N2CCc3cc(-c4c(N)oc5ccncc45)ccc32)c1. The zero-order valence-electron chi connectivity index (χ0n) is 16.5. The predicted molar refractivity (Wildman–Crippen MR) is 115 cm³/mol. The summed E-state index contributed by atoms with van der Waals surface area (Å²) < 4.78 is 19.3. The Labute approximate surface area is 172 Å². The third kappa shape index (κ3) is 3.10. The minimum atomic E-state index is -0.316. The highest BCUT2D eigenvalue weighted by Crippen LogP contribution is 2.39. The van der Waals surface area contributed by atoms with Crippen LogP contribution in [0.2, 0.25) is 0 Å². The van der Waals surface area contributed by atoms with Crippen LogP contribution in [0, 0.1) is 12.7 Å². The Balaban J connectivity index is 1.45. The van der Waals surface area contributed by atoms with E-state index in [9.17, 15) is 9.18 Å². The zero-order chi connectivity index (χ0) is 20.8. The summed E-state index contributed by atoms with van der Waals surface area (Å²) in [5.41, 5.74) is 12.0. The van der Waals surface area contributed by atoms with E-state index in [1.165, 1.54) is 12.1 Å². The molecule has 2 aromatic heterocycles. The van der Waals surface area contributed by atoms with E-state index in [1.807, 2.05) is 25.1 Å². The first-order valence-corrected chi connectivity index (χ1v) is 9.81. The van der Waals surface area contributed by atoms with Crippen LogP contribution in [0.5, 0.6) is 0 Å². The second-order valence-corrected chi connectivity index (χ2v) is 7.67. The van der Waals surface area contributed by atoms with Crippen LogP contribution in [-0.2, 0) is 17.6 Å². The van der Waals surface area contributed by atoms with Gasteiger partial charge in [0, 0.05) is 30.0 Å². The van der Waals surface area contributed by atoms with Crippen LogP contribution in [0.15, 0.2) is 59.3 Å². The molecule has 1 aliphatic rings. The molecule has 0 fully saturated rings. The minimum absolute atomic E-state index is 0.0380. The standard InChI is InChI=1S/C24H20FN3O2/c1-14-8-15(10-18(25)9-14)11-22(29)28-7-5-16-12-17(2-3-20(16)28)23-19-13-27-6-4-21(19)30-24(23)26/h2-4,6,8-10,12-13H,5,7,11,26H2,1H3. The lowest BCUT2D eigenvalue weighted by atomic mass is 10.0. The molecule has 0 spiro atoms. The van der Waals surface area contributed by atoms with Crippen molar-refractivity contribution < 1.29 is 13.6 Å². The van der Waals surface area contributed by atoms with E-state index in [0.29, 0.717) is 23.6 Å². The molecule has 4 aromatic rings. The highest BCUT2D eigenvalue weighted by Gasteiger charge is 2.26. The molecular weight excluding hydrogens is 381 g/mol. The summed E-state index contributed by atoms with van der Waals surface area (Å²) in [6.45, 7) is 2.43. The maximum atomic E-state index is 13.7. The molecule has 0 unspecified atom stereocenters. The molecule has 0 radical (unpaired) electrons. The van der Waals surface area contributed by atoms with Crippen molar-refractivity contribution in [2.75, 3.05) is 17.2 Å². The van der Waals surface area contributed by atoms with Crippen LogP contribution >= 0.6 is 0 Å². The highest BCUT2D eigenvalue weighted by molar-refractivity contribution is 6.01. The molecular formula is C24H20FN3O2. The van der Waals surface area contributed by atoms with Crippen molar-refractivity contribution in [3.63, 3.8) is 0 Å². The molecule has 0 saturated carbocycles. The molecule has 1 amide bonds. The van der Waals surface area contributed by atoms with E-state index in [0.717, 1.165) is 39.7 Å². The number of nitrogens with two attached hydrogens (primary N) is 1. The van der Waals surface area contributed by atoms with E-state index in [2.05, 4.69) is 11.1 Å². The Morgan fingerprint density at radius 3 is 2.93 bits per heavy atom. The third-order valence-corrected chi connectivity index (χ3v) is 5.54. The molecule has 0 aliphatic carbocycles. The number of nitrogens with zero attached hydrogens (tertiary/aromatic N) is 2. The first-order chi connectivity index (χ1) is 14.5. The van der Waals surface area contributed by atoms with Crippen molar-refractivity contribution >= 4 is 28.4 Å². The minimum Gasteiger partial charge on any atom is -0.440 e. The number of nitrogen functional groups attached to an aromatic ring is 1. The second-order valence-electron chi connectivity index (χ2n) is 7.67. The number of aromatic nitrogens is 1. The number of carbonyl (C=O) groups is 1. The summed E-state index contributed by atoms with van der Waals surface area (Å²) in [6.07, 6.45) is 4.34. The number of amides is 1. The summed E-state index contributed by atoms with van der Waals surface area (Å²) in [7, 11) is 0. The number of rotatable bonds is 3. The summed E-state index contributed by atoms with van der Waals surface area (Å²) in [5, 5.41) is 0.863. The van der Waals surface area contributed by atoms with Crippen LogP contribution in [0.1, 0.15) is 16.7 Å². The quantitative estimate of drug-likeness (QED) is 0.542. The highest BCUT2D eigenvalue weighted by atomic mass is 19.1. The number of halogens is 1. The van der Waals surface area contributed by atoms with Gasteiger partial charge in [-0.3, -0.25) is 9.78 Å². The Bertz CT molecular complexity index is 1270. The van der Waals surface area contributed by atoms with Crippen LogP contribution in [0.4, 0.5) is 16.0 Å². The normalized spacial score (nSPS) is 13.1. The van der Waals surface area contributed by atoms with Crippen LogP contribution in [0.3, 0.4) is 0 Å². The summed E-state index contributed by atoms with van der Waals surface area (Å²) >= 11 is 0. The Morgan fingerprint density at radius 2 is 2.10 bits per heavy atom. The molecule has 1 aliphatic heterocycles. The maximum Gasteiger partial charge on any atom is 0.231 e. The van der Waals surface area contributed by atoms with E-state index < -0.39 is 0 Å². The maximum absolute atomic E-state index is 13.7. The lowest BCUT2D eigenvalue weighted by molar-refractivity contribution is -0.117. The molecule has 5 rings (SSSR count). The van der Waals surface area contributed by atoms with Crippen molar-refractivity contribution in [2.45, 2.75) is 19.8 Å². The number of carbonyl (C=O) groups excluding carboxylic acids is 1. The number of aryl methyl sites for hydroxylation is 1. The fourth-order valence-corrected chi connectivity index (χ4v) is 4.26. The lowest BCUT2D eigenvalue weighted by Gasteiger charge is -2.18. The van der Waals surface area contributed by atoms with Gasteiger partial charge >= 0.3 is 0 Å². The van der Waals surface area contributed by atoms with Crippen molar-refractivity contribution in [3.8, 4) is 11.1 Å². The van der Waals surface area contributed by atoms with Gasteiger partial charge in [-0.15, -0.1) is 0 Å². The molecule has 6 heteroatoms. The summed E-state index contributed by atoms with van der Waals surface area (Å²) in [4.78, 5) is 18.9. The summed E-state index contributed by atoms with van der Waals surface area (Å²) in [5.74, 6) is -0.00184. The van der Waals surface area contributed by atoms with Gasteiger partial charge in [-0.25, -0.2) is 4.39 Å². The number of pyridine rings is 1. The van der Waals surface area contributed by atoms with Gasteiger partial charge in [0.2, 0.25) is 5.91 Å². The molecule has 0 bridgehead atoms. The van der Waals surface area contributed by atoms with E-state index in [1.54, 1.807) is 23.4 Å². The lowest BCUT2D eigenvalue weighted by Crippen LogP contribution is -2.30. The van der Waals surface area contributed by atoms with Crippen LogP contribution < -0.4 is 10.6 Å². The number of furan rings is 1. The number of hydrogen-bond acceptors (Lipinski definition) is 4. The zero-order valence-corrected chi connectivity index (χ0v) is 16.5. The second kappa shape index (κ2) is 6.99. The molecule has 3 heterocycles. The topological polar surface area (TPSA) is 72.4 Å². The van der Waals surface area contributed by atoms with Gasteiger partial charge in [0.15, 0.2) is 5.88 Å². The van der Waals surface area contributed by atoms with Gasteiger partial charge < -0.3 is 15.1 Å². The van der Waals surface area contributed by atoms with Gasteiger partial charge in [0.1, 0.15) is 11.4 Å². The number of fused-ring (bicyclic) bond motifs is 2. The van der Waals surface area contributed by atoms with E-state index in [-0.39, 0.29) is 18.1 Å². The number of benzene rings is 2. The van der Waals surface area contributed by atoms with Gasteiger partial charge in [0.25, 0.3) is 0 Å². The van der Waals surface area contributed by atoms with Gasteiger partial charge in [-0.2, -0.15) is 0 Å². The number of anilines is 2. The molecule has 2 aromatic carbocycles. The van der Waals surface area contributed by atoms with Crippen LogP contribution in [0.25, 0.3) is 22.1 Å². The molecule has 30 heavy (non-hydrogen) atoms. The van der Waals surface area contributed by atoms with Crippen molar-refractivity contribution in [1.29, 1.82) is 0 Å². The third-order valence-electron chi connectivity index (χ3n) is 5.54. The average Bonchev–Trinajstić information content (AvgIpc) is 3.26. The van der Waals surface area contributed by atoms with Gasteiger partial charge in [-0.05, 0) is 65.9 Å². The molecule has 5 nitrogen and oxygen atoms in total. The first kappa shape index (κ1) is 18.4. The van der Waals surface area contributed by atoms with E-state index in [4.69, 9.17) is 10.2 Å². The molecule has 0 atom stereocenters.